The Morgan fingerprint density at radius 1 is 1.20 bits per heavy atom. The second-order valence-electron chi connectivity index (χ2n) is 6.99. The van der Waals surface area contributed by atoms with Gasteiger partial charge in [0.1, 0.15) is 0 Å². The van der Waals surface area contributed by atoms with Gasteiger partial charge in [-0.2, -0.15) is 0 Å². The molecular formula is C15H27N3O2. The minimum Gasteiger partial charge on any atom is -0.381 e. The first kappa shape index (κ1) is 14.1. The van der Waals surface area contributed by atoms with Gasteiger partial charge in [-0.1, -0.05) is 6.92 Å². The molecule has 2 unspecified atom stereocenters. The zero-order valence-corrected chi connectivity index (χ0v) is 12.8. The van der Waals surface area contributed by atoms with E-state index in [-0.39, 0.29) is 5.41 Å². The molecule has 2 atom stereocenters. The topological polar surface area (TPSA) is 46.1 Å². The number of likely N-dealkylation sites (tertiary alicyclic amines) is 1. The van der Waals surface area contributed by atoms with Crippen molar-refractivity contribution in [3.8, 4) is 0 Å². The van der Waals surface area contributed by atoms with Gasteiger partial charge in [-0.25, -0.2) is 0 Å². The molecule has 0 aromatic rings. The summed E-state index contributed by atoms with van der Waals surface area (Å²) >= 11 is 0. The van der Waals surface area contributed by atoms with Crippen molar-refractivity contribution >= 4 is 5.96 Å². The van der Waals surface area contributed by atoms with Crippen molar-refractivity contribution in [3.05, 3.63) is 0 Å². The van der Waals surface area contributed by atoms with E-state index in [9.17, 15) is 0 Å². The van der Waals surface area contributed by atoms with Crippen LogP contribution in [0.15, 0.2) is 4.99 Å². The Labute approximate surface area is 121 Å². The van der Waals surface area contributed by atoms with E-state index in [1.165, 1.54) is 12.8 Å². The lowest BCUT2D eigenvalue weighted by Crippen LogP contribution is -2.45. The lowest BCUT2D eigenvalue weighted by Gasteiger charge is -2.28. The van der Waals surface area contributed by atoms with Gasteiger partial charge in [0.25, 0.3) is 0 Å². The molecule has 0 radical (unpaired) electrons. The molecule has 3 aliphatic heterocycles. The molecule has 3 saturated heterocycles. The Balaban J connectivity index is 1.55. The van der Waals surface area contributed by atoms with Crippen molar-refractivity contribution in [1.82, 2.24) is 10.2 Å². The summed E-state index contributed by atoms with van der Waals surface area (Å²) in [4.78, 5) is 6.86. The summed E-state index contributed by atoms with van der Waals surface area (Å²) in [6.45, 7) is 9.00. The van der Waals surface area contributed by atoms with Crippen molar-refractivity contribution in [2.75, 3.05) is 53.1 Å². The molecule has 0 amide bonds. The van der Waals surface area contributed by atoms with E-state index in [1.54, 1.807) is 0 Å². The van der Waals surface area contributed by atoms with Crippen LogP contribution in [0.5, 0.6) is 0 Å². The van der Waals surface area contributed by atoms with Crippen molar-refractivity contribution in [3.63, 3.8) is 0 Å². The molecule has 3 rings (SSSR count). The summed E-state index contributed by atoms with van der Waals surface area (Å²) in [7, 11) is 1.88. The molecule has 0 saturated carbocycles. The number of guanidine groups is 1. The van der Waals surface area contributed by atoms with Gasteiger partial charge in [0, 0.05) is 50.7 Å². The Bertz CT molecular complexity index is 371. The lowest BCUT2D eigenvalue weighted by molar-refractivity contribution is 0.156. The smallest absolute Gasteiger partial charge is 0.193 e. The Morgan fingerprint density at radius 2 is 2.00 bits per heavy atom. The molecule has 3 heterocycles. The van der Waals surface area contributed by atoms with Crippen LogP contribution in [0.4, 0.5) is 0 Å². The highest BCUT2D eigenvalue weighted by molar-refractivity contribution is 5.80. The predicted molar refractivity (Wildman–Crippen MR) is 79.0 cm³/mol. The Morgan fingerprint density at radius 3 is 2.65 bits per heavy atom. The Kier molecular flexibility index (Phi) is 3.91. The highest BCUT2D eigenvalue weighted by Gasteiger charge is 2.42. The molecule has 20 heavy (non-hydrogen) atoms. The number of ether oxygens (including phenoxy) is 2. The number of hydrogen-bond donors (Lipinski definition) is 1. The third kappa shape index (κ3) is 2.79. The number of nitrogens with one attached hydrogen (secondary N) is 1. The average molecular weight is 281 g/mol. The van der Waals surface area contributed by atoms with E-state index in [1.807, 2.05) is 7.05 Å². The summed E-state index contributed by atoms with van der Waals surface area (Å²) in [5, 5.41) is 3.56. The van der Waals surface area contributed by atoms with Gasteiger partial charge in [0.05, 0.1) is 13.2 Å². The first-order valence-electron chi connectivity index (χ1n) is 7.76. The molecule has 3 fully saturated rings. The highest BCUT2D eigenvalue weighted by Crippen LogP contribution is 2.38. The van der Waals surface area contributed by atoms with Gasteiger partial charge in [-0.3, -0.25) is 4.99 Å². The number of rotatable bonds is 2. The summed E-state index contributed by atoms with van der Waals surface area (Å²) in [6, 6.07) is 0. The van der Waals surface area contributed by atoms with Crippen LogP contribution in [-0.4, -0.2) is 64.0 Å². The lowest BCUT2D eigenvalue weighted by atomic mass is 9.87. The number of hydrogen-bond acceptors (Lipinski definition) is 3. The molecule has 0 aromatic carbocycles. The molecule has 0 aromatic heterocycles. The van der Waals surface area contributed by atoms with E-state index in [0.717, 1.165) is 58.4 Å². The van der Waals surface area contributed by atoms with E-state index < -0.39 is 0 Å². The molecule has 0 bridgehead atoms. The molecular weight excluding hydrogens is 254 g/mol. The van der Waals surface area contributed by atoms with E-state index in [0.29, 0.717) is 5.41 Å². The maximum absolute atomic E-state index is 5.60. The third-order valence-corrected chi connectivity index (χ3v) is 5.11. The molecule has 3 aliphatic rings. The summed E-state index contributed by atoms with van der Waals surface area (Å²) < 4.78 is 11.1. The number of aliphatic imine (C=N–C) groups is 1. The maximum Gasteiger partial charge on any atom is 0.193 e. The molecule has 5 heteroatoms. The monoisotopic (exact) mass is 281 g/mol. The molecule has 1 spiro atoms. The third-order valence-electron chi connectivity index (χ3n) is 5.11. The summed E-state index contributed by atoms with van der Waals surface area (Å²) in [6.07, 6.45) is 3.56. The van der Waals surface area contributed by atoms with Crippen molar-refractivity contribution < 1.29 is 9.47 Å². The first-order valence-corrected chi connectivity index (χ1v) is 7.76. The highest BCUT2D eigenvalue weighted by atomic mass is 16.5. The molecule has 1 N–H and O–H groups in total. The van der Waals surface area contributed by atoms with Gasteiger partial charge >= 0.3 is 0 Å². The van der Waals surface area contributed by atoms with Crippen LogP contribution in [0.3, 0.4) is 0 Å². The second-order valence-corrected chi connectivity index (χ2v) is 6.99. The molecule has 5 nitrogen and oxygen atoms in total. The minimum atomic E-state index is 0.254. The van der Waals surface area contributed by atoms with Crippen molar-refractivity contribution in [1.29, 1.82) is 0 Å². The van der Waals surface area contributed by atoms with E-state index in [2.05, 4.69) is 22.1 Å². The van der Waals surface area contributed by atoms with Crippen LogP contribution in [0.25, 0.3) is 0 Å². The molecule has 0 aliphatic carbocycles. The van der Waals surface area contributed by atoms with Gasteiger partial charge in [0.2, 0.25) is 0 Å². The SMILES string of the molecule is CN=C(NCC1(C)CCOC1)N1CCC2(CCOC2)C1. The fourth-order valence-electron chi connectivity index (χ4n) is 3.56. The largest absolute Gasteiger partial charge is 0.381 e. The van der Waals surface area contributed by atoms with Crippen molar-refractivity contribution in [2.24, 2.45) is 15.8 Å². The van der Waals surface area contributed by atoms with Gasteiger partial charge in [-0.05, 0) is 19.3 Å². The summed E-state index contributed by atoms with van der Waals surface area (Å²) in [5.41, 5.74) is 0.641. The van der Waals surface area contributed by atoms with E-state index >= 15 is 0 Å². The van der Waals surface area contributed by atoms with Gasteiger partial charge in [-0.15, -0.1) is 0 Å². The zero-order valence-electron chi connectivity index (χ0n) is 12.8. The minimum absolute atomic E-state index is 0.254. The Hall–Kier alpha value is -0.810. The van der Waals surface area contributed by atoms with Gasteiger partial charge in [0.15, 0.2) is 5.96 Å². The van der Waals surface area contributed by atoms with Crippen LogP contribution in [0.1, 0.15) is 26.2 Å². The quantitative estimate of drug-likeness (QED) is 0.608. The van der Waals surface area contributed by atoms with Crippen LogP contribution >= 0.6 is 0 Å². The molecule has 114 valence electrons. The van der Waals surface area contributed by atoms with Gasteiger partial charge < -0.3 is 19.7 Å². The van der Waals surface area contributed by atoms with Crippen LogP contribution < -0.4 is 5.32 Å². The van der Waals surface area contributed by atoms with Crippen LogP contribution in [0.2, 0.25) is 0 Å². The number of nitrogens with zero attached hydrogens (tertiary/aromatic N) is 2. The standard InChI is InChI=1S/C15H27N3O2/c1-14(4-7-19-11-14)9-17-13(16-2)18-6-3-15(10-18)5-8-20-12-15/h3-12H2,1-2H3,(H,16,17). The van der Waals surface area contributed by atoms with Crippen molar-refractivity contribution in [2.45, 2.75) is 26.2 Å². The van der Waals surface area contributed by atoms with Crippen LogP contribution in [0, 0.1) is 10.8 Å². The maximum atomic E-state index is 5.60. The predicted octanol–water partition coefficient (Wildman–Crippen LogP) is 1.10. The zero-order chi connectivity index (χ0) is 14.1. The van der Waals surface area contributed by atoms with E-state index in [4.69, 9.17) is 9.47 Å². The van der Waals surface area contributed by atoms with Crippen LogP contribution in [-0.2, 0) is 9.47 Å². The first-order chi connectivity index (χ1) is 9.65. The summed E-state index contributed by atoms with van der Waals surface area (Å²) in [5.74, 6) is 1.04. The fourth-order valence-corrected chi connectivity index (χ4v) is 3.56. The fraction of sp³-hybridized carbons (Fsp3) is 0.933. The average Bonchev–Trinajstić information content (AvgIpc) is 3.16. The second kappa shape index (κ2) is 5.53. The normalized spacial score (nSPS) is 38.1.